The lowest BCUT2D eigenvalue weighted by Crippen LogP contribution is -2.03. The van der Waals surface area contributed by atoms with Gasteiger partial charge in [-0.1, -0.05) is 6.92 Å². The van der Waals surface area contributed by atoms with Crippen LogP contribution < -0.4 is 0 Å². The highest BCUT2D eigenvalue weighted by Gasteiger charge is 1.92. The normalized spacial score (nSPS) is 14.1. The molecule has 0 aliphatic heterocycles. The third-order valence-corrected chi connectivity index (χ3v) is 0.915. The molecule has 0 aliphatic carbocycles. The zero-order valence-corrected chi connectivity index (χ0v) is 5.45. The quantitative estimate of drug-likeness (QED) is 0.437. The van der Waals surface area contributed by atoms with Crippen LogP contribution in [-0.4, -0.2) is 12.0 Å². The maximum Gasteiger partial charge on any atom is 0.0896 e. The maximum atomic E-state index is 4.99. The second-order valence-corrected chi connectivity index (χ2v) is 1.65. The number of thiol groups is 1. The van der Waals surface area contributed by atoms with E-state index in [1.807, 2.05) is 6.92 Å². The Labute approximate surface area is 50.5 Å². The van der Waals surface area contributed by atoms with Crippen molar-refractivity contribution in [2.45, 2.75) is 19.4 Å². The molecule has 0 rings (SSSR count). The van der Waals surface area contributed by atoms with Gasteiger partial charge in [-0.25, -0.2) is 0 Å². The highest BCUT2D eigenvalue weighted by molar-refractivity contribution is 7.80. The number of hydrogen-bond acceptors (Lipinski definition) is 2. The summed E-state index contributed by atoms with van der Waals surface area (Å²) in [7, 11) is 0. The van der Waals surface area contributed by atoms with Crippen LogP contribution in [0.15, 0.2) is 0 Å². The van der Waals surface area contributed by atoms with Crippen molar-refractivity contribution in [1.29, 1.82) is 0 Å². The summed E-state index contributed by atoms with van der Waals surface area (Å²) in [6, 6.07) is 0. The highest BCUT2D eigenvalue weighted by atomic mass is 32.1. The molecule has 0 aromatic rings. The highest BCUT2D eigenvalue weighted by Crippen LogP contribution is 1.94. The molecule has 0 fully saturated rings. The predicted molar refractivity (Wildman–Crippen MR) is 34.4 cm³/mol. The predicted octanol–water partition coefficient (Wildman–Crippen LogP) is 1.50. The molecule has 0 heterocycles. The van der Waals surface area contributed by atoms with Crippen LogP contribution in [0, 0.1) is 6.92 Å². The van der Waals surface area contributed by atoms with Crippen molar-refractivity contribution < 1.29 is 4.74 Å². The molecule has 0 spiro atoms. The lowest BCUT2D eigenvalue weighted by Gasteiger charge is -2.05. The van der Waals surface area contributed by atoms with E-state index in [2.05, 4.69) is 19.6 Å². The molecule has 0 N–H and O–H groups in total. The van der Waals surface area contributed by atoms with Gasteiger partial charge in [-0.3, -0.25) is 0 Å². The van der Waals surface area contributed by atoms with Crippen molar-refractivity contribution in [3.63, 3.8) is 0 Å². The van der Waals surface area contributed by atoms with E-state index in [1.54, 1.807) is 0 Å². The van der Waals surface area contributed by atoms with Crippen molar-refractivity contribution in [2.75, 3.05) is 5.94 Å². The van der Waals surface area contributed by atoms with E-state index in [4.69, 9.17) is 4.74 Å². The van der Waals surface area contributed by atoms with E-state index in [1.165, 1.54) is 0 Å². The fraction of sp³-hybridized carbons (Fsp3) is 0.800. The fourth-order valence-corrected chi connectivity index (χ4v) is 0.465. The lowest BCUT2D eigenvalue weighted by molar-refractivity contribution is 0.108. The summed E-state index contributed by atoms with van der Waals surface area (Å²) in [5, 5.41) is 0. The second-order valence-electron chi connectivity index (χ2n) is 1.40. The van der Waals surface area contributed by atoms with Gasteiger partial charge in [0.2, 0.25) is 0 Å². The molecule has 1 nitrogen and oxygen atoms in total. The molecule has 0 aromatic carbocycles. The first kappa shape index (κ1) is 7.31. The van der Waals surface area contributed by atoms with Gasteiger partial charge in [-0.15, -0.1) is 0 Å². The first-order valence-corrected chi connectivity index (χ1v) is 2.96. The molecule has 7 heavy (non-hydrogen) atoms. The van der Waals surface area contributed by atoms with E-state index in [0.29, 0.717) is 5.94 Å². The van der Waals surface area contributed by atoms with Gasteiger partial charge in [-0.05, 0) is 13.3 Å². The Morgan fingerprint density at radius 3 is 2.57 bits per heavy atom. The maximum absolute atomic E-state index is 4.99. The minimum Gasteiger partial charge on any atom is -0.368 e. The summed E-state index contributed by atoms with van der Waals surface area (Å²) >= 11 is 3.86. The summed E-state index contributed by atoms with van der Waals surface area (Å²) in [4.78, 5) is 0. The molecular weight excluding hydrogens is 108 g/mol. The monoisotopic (exact) mass is 119 g/mol. The minimum absolute atomic E-state index is 0.262. The van der Waals surface area contributed by atoms with Crippen molar-refractivity contribution in [3.8, 4) is 0 Å². The molecule has 1 unspecified atom stereocenters. The van der Waals surface area contributed by atoms with Crippen molar-refractivity contribution in [3.05, 3.63) is 6.92 Å². The smallest absolute Gasteiger partial charge is 0.0896 e. The summed E-state index contributed by atoms with van der Waals surface area (Å²) in [5.74, 6) is 0.497. The molecule has 1 atom stereocenters. The molecule has 43 valence electrons. The molecule has 2 heteroatoms. The SMILES string of the molecule is [CH2]CC(C)OCS. The average Bonchev–Trinajstić information content (AvgIpc) is 1.68. The molecule has 0 saturated heterocycles. The topological polar surface area (TPSA) is 9.23 Å². The summed E-state index contributed by atoms with van der Waals surface area (Å²) in [6.45, 7) is 5.62. The standard InChI is InChI=1S/C5H11OS/c1-3-5(2)6-4-7/h5,7H,1,3-4H2,2H3. The van der Waals surface area contributed by atoms with E-state index in [-0.39, 0.29) is 6.10 Å². The van der Waals surface area contributed by atoms with Crippen molar-refractivity contribution >= 4 is 12.6 Å². The van der Waals surface area contributed by atoms with Gasteiger partial charge in [0.25, 0.3) is 0 Å². The van der Waals surface area contributed by atoms with E-state index >= 15 is 0 Å². The fourth-order valence-electron chi connectivity index (χ4n) is 0.211. The average molecular weight is 119 g/mol. The Bertz CT molecular complexity index is 39.1. The van der Waals surface area contributed by atoms with Crippen LogP contribution >= 0.6 is 12.6 Å². The van der Waals surface area contributed by atoms with Crippen LogP contribution in [0.4, 0.5) is 0 Å². The Morgan fingerprint density at radius 2 is 2.43 bits per heavy atom. The van der Waals surface area contributed by atoms with Gasteiger partial charge in [0.1, 0.15) is 0 Å². The zero-order chi connectivity index (χ0) is 5.70. The molecule has 1 radical (unpaired) electrons. The Balaban J connectivity index is 2.83. The molecular formula is C5H11OS. The van der Waals surface area contributed by atoms with Gasteiger partial charge in [0.15, 0.2) is 0 Å². The number of rotatable bonds is 3. The van der Waals surface area contributed by atoms with E-state index in [0.717, 1.165) is 6.42 Å². The first-order valence-electron chi connectivity index (χ1n) is 2.33. The second kappa shape index (κ2) is 4.47. The Morgan fingerprint density at radius 1 is 1.86 bits per heavy atom. The van der Waals surface area contributed by atoms with Gasteiger partial charge < -0.3 is 4.74 Å². The zero-order valence-electron chi connectivity index (χ0n) is 4.55. The lowest BCUT2D eigenvalue weighted by atomic mass is 10.3. The van der Waals surface area contributed by atoms with Crippen LogP contribution in [0.25, 0.3) is 0 Å². The van der Waals surface area contributed by atoms with Gasteiger partial charge >= 0.3 is 0 Å². The number of hydrogen-bond donors (Lipinski definition) is 1. The van der Waals surface area contributed by atoms with Crippen LogP contribution in [-0.2, 0) is 4.74 Å². The first-order chi connectivity index (χ1) is 3.31. The Hall–Kier alpha value is 0.310. The van der Waals surface area contributed by atoms with Crippen LogP contribution in [0.1, 0.15) is 13.3 Å². The molecule has 0 aliphatic rings. The van der Waals surface area contributed by atoms with Crippen LogP contribution in [0.2, 0.25) is 0 Å². The van der Waals surface area contributed by atoms with E-state index in [9.17, 15) is 0 Å². The third kappa shape index (κ3) is 4.16. The molecule has 0 saturated carbocycles. The third-order valence-electron chi connectivity index (χ3n) is 0.766. The van der Waals surface area contributed by atoms with Gasteiger partial charge in [-0.2, -0.15) is 12.6 Å². The summed E-state index contributed by atoms with van der Waals surface area (Å²) in [6.07, 6.45) is 1.08. The van der Waals surface area contributed by atoms with Crippen molar-refractivity contribution in [2.24, 2.45) is 0 Å². The van der Waals surface area contributed by atoms with Gasteiger partial charge in [0.05, 0.1) is 12.0 Å². The van der Waals surface area contributed by atoms with Crippen molar-refractivity contribution in [1.82, 2.24) is 0 Å². The molecule has 0 bridgehead atoms. The largest absolute Gasteiger partial charge is 0.368 e. The van der Waals surface area contributed by atoms with Crippen LogP contribution in [0.3, 0.4) is 0 Å². The summed E-state index contributed by atoms with van der Waals surface area (Å²) < 4.78 is 4.99. The summed E-state index contributed by atoms with van der Waals surface area (Å²) in [5.41, 5.74) is 0. The van der Waals surface area contributed by atoms with E-state index < -0.39 is 0 Å². The van der Waals surface area contributed by atoms with Crippen LogP contribution in [0.5, 0.6) is 0 Å². The molecule has 0 aromatic heterocycles. The molecule has 0 amide bonds. The van der Waals surface area contributed by atoms with Gasteiger partial charge in [0, 0.05) is 0 Å². The number of ether oxygens (including phenoxy) is 1. The minimum atomic E-state index is 0.262. The Kier molecular flexibility index (Phi) is 4.67.